The van der Waals surface area contributed by atoms with Gasteiger partial charge in [0.15, 0.2) is 11.4 Å². The molecule has 154 valence electrons. The molecule has 4 aromatic rings. The third-order valence-corrected chi connectivity index (χ3v) is 5.66. The number of hydrogen-bond acceptors (Lipinski definition) is 6. The van der Waals surface area contributed by atoms with Gasteiger partial charge in [0.2, 0.25) is 17.7 Å². The molecule has 1 fully saturated rings. The number of aromatic nitrogens is 4. The molecular weight excluding hydrogens is 380 g/mol. The molecule has 1 aliphatic rings. The number of furan rings is 1. The standard InChI is InChI=1S/C22H24N6O2/c1-14(2)21(29)27-11-10-26(13-15(27)3)22-23-17-8-5-4-7-16(17)19-24-25-20(28(19)22)18-9-6-12-30-18/h4-9,12,14-15H,10-11,13H2,1-3H3/t15-/m1/s1. The second-order valence-corrected chi connectivity index (χ2v) is 8.07. The fraction of sp³-hybridized carbons (Fsp3) is 0.364. The molecular formula is C22H24N6O2. The molecule has 4 heterocycles. The van der Waals surface area contributed by atoms with Crippen LogP contribution in [-0.4, -0.2) is 56.1 Å². The van der Waals surface area contributed by atoms with E-state index < -0.39 is 0 Å². The summed E-state index contributed by atoms with van der Waals surface area (Å²) in [5.41, 5.74) is 1.61. The van der Waals surface area contributed by atoms with Crippen LogP contribution in [0.1, 0.15) is 20.8 Å². The van der Waals surface area contributed by atoms with Crippen molar-refractivity contribution in [3.63, 3.8) is 0 Å². The third kappa shape index (κ3) is 2.91. The van der Waals surface area contributed by atoms with Crippen molar-refractivity contribution in [2.75, 3.05) is 24.5 Å². The van der Waals surface area contributed by atoms with E-state index in [0.717, 1.165) is 22.5 Å². The molecule has 5 rings (SSSR count). The Morgan fingerprint density at radius 3 is 2.70 bits per heavy atom. The van der Waals surface area contributed by atoms with Crippen LogP contribution in [0.5, 0.6) is 0 Å². The number of fused-ring (bicyclic) bond motifs is 3. The lowest BCUT2D eigenvalue weighted by Gasteiger charge is -2.41. The zero-order chi connectivity index (χ0) is 20.8. The fourth-order valence-corrected chi connectivity index (χ4v) is 4.14. The zero-order valence-corrected chi connectivity index (χ0v) is 17.3. The normalized spacial score (nSPS) is 17.4. The third-order valence-electron chi connectivity index (χ3n) is 5.66. The number of rotatable bonds is 3. The molecule has 8 heteroatoms. The lowest BCUT2D eigenvalue weighted by molar-refractivity contribution is -0.136. The van der Waals surface area contributed by atoms with Gasteiger partial charge in [-0.1, -0.05) is 26.0 Å². The number of nitrogens with zero attached hydrogens (tertiary/aromatic N) is 6. The van der Waals surface area contributed by atoms with Crippen LogP contribution in [0.15, 0.2) is 47.1 Å². The predicted molar refractivity (Wildman–Crippen MR) is 114 cm³/mol. The second kappa shape index (κ2) is 7.12. The molecule has 0 unspecified atom stereocenters. The fourth-order valence-electron chi connectivity index (χ4n) is 4.14. The van der Waals surface area contributed by atoms with Gasteiger partial charge in [-0.3, -0.25) is 4.79 Å². The topological polar surface area (TPSA) is 79.8 Å². The minimum Gasteiger partial charge on any atom is -0.461 e. The van der Waals surface area contributed by atoms with Crippen molar-refractivity contribution in [1.82, 2.24) is 24.5 Å². The SMILES string of the molecule is CC(C)C(=O)N1CCN(c2nc3ccccc3c3nnc(-c4ccco4)n23)C[C@H]1C. The molecule has 3 aromatic heterocycles. The quantitative estimate of drug-likeness (QED) is 0.522. The minimum absolute atomic E-state index is 0.00657. The van der Waals surface area contributed by atoms with Crippen LogP contribution in [0.3, 0.4) is 0 Å². The van der Waals surface area contributed by atoms with Crippen molar-refractivity contribution in [3.05, 3.63) is 42.7 Å². The van der Waals surface area contributed by atoms with E-state index in [0.29, 0.717) is 31.2 Å². The maximum Gasteiger partial charge on any atom is 0.225 e. The second-order valence-electron chi connectivity index (χ2n) is 8.07. The highest BCUT2D eigenvalue weighted by Crippen LogP contribution is 2.29. The Kier molecular flexibility index (Phi) is 4.42. The molecule has 1 amide bonds. The smallest absolute Gasteiger partial charge is 0.225 e. The lowest BCUT2D eigenvalue weighted by atomic mass is 10.1. The van der Waals surface area contributed by atoms with Gasteiger partial charge >= 0.3 is 0 Å². The maximum absolute atomic E-state index is 12.6. The van der Waals surface area contributed by atoms with Crippen molar-refractivity contribution in [1.29, 1.82) is 0 Å². The lowest BCUT2D eigenvalue weighted by Crippen LogP contribution is -2.55. The molecule has 0 N–H and O–H groups in total. The summed E-state index contributed by atoms with van der Waals surface area (Å²) in [6, 6.07) is 11.7. The Bertz CT molecular complexity index is 1210. The maximum atomic E-state index is 12.6. The monoisotopic (exact) mass is 404 g/mol. The summed E-state index contributed by atoms with van der Waals surface area (Å²) in [7, 11) is 0. The molecule has 1 aliphatic heterocycles. The Balaban J connectivity index is 1.63. The van der Waals surface area contributed by atoms with Gasteiger partial charge < -0.3 is 14.2 Å². The van der Waals surface area contributed by atoms with E-state index in [2.05, 4.69) is 22.0 Å². The van der Waals surface area contributed by atoms with Crippen molar-refractivity contribution >= 4 is 28.4 Å². The summed E-state index contributed by atoms with van der Waals surface area (Å²) in [5, 5.41) is 9.82. The van der Waals surface area contributed by atoms with Crippen molar-refractivity contribution in [3.8, 4) is 11.6 Å². The average molecular weight is 404 g/mol. The highest BCUT2D eigenvalue weighted by molar-refractivity contribution is 5.93. The Morgan fingerprint density at radius 2 is 1.97 bits per heavy atom. The van der Waals surface area contributed by atoms with E-state index >= 15 is 0 Å². The largest absolute Gasteiger partial charge is 0.461 e. The Labute approximate surface area is 174 Å². The van der Waals surface area contributed by atoms with E-state index in [1.165, 1.54) is 0 Å². The molecule has 0 aliphatic carbocycles. The van der Waals surface area contributed by atoms with Crippen LogP contribution in [0.4, 0.5) is 5.95 Å². The molecule has 30 heavy (non-hydrogen) atoms. The van der Waals surface area contributed by atoms with Gasteiger partial charge in [0.05, 0.1) is 11.8 Å². The Hall–Kier alpha value is -3.42. The molecule has 1 atom stereocenters. The van der Waals surface area contributed by atoms with Crippen LogP contribution < -0.4 is 4.90 Å². The molecule has 0 bridgehead atoms. The summed E-state index contributed by atoms with van der Waals surface area (Å²) in [4.78, 5) is 21.7. The van der Waals surface area contributed by atoms with Gasteiger partial charge in [-0.25, -0.2) is 9.38 Å². The van der Waals surface area contributed by atoms with Gasteiger partial charge in [0, 0.05) is 37.0 Å². The summed E-state index contributed by atoms with van der Waals surface area (Å²) >= 11 is 0. The molecule has 8 nitrogen and oxygen atoms in total. The first kappa shape index (κ1) is 18.6. The van der Waals surface area contributed by atoms with Crippen LogP contribution >= 0.6 is 0 Å². The number of benzene rings is 1. The molecule has 0 radical (unpaired) electrons. The van der Waals surface area contributed by atoms with E-state index in [-0.39, 0.29) is 17.9 Å². The number of piperazine rings is 1. The number of anilines is 1. The van der Waals surface area contributed by atoms with Gasteiger partial charge in [-0.2, -0.15) is 0 Å². The van der Waals surface area contributed by atoms with Crippen molar-refractivity contribution in [2.24, 2.45) is 5.92 Å². The summed E-state index contributed by atoms with van der Waals surface area (Å²) in [6.07, 6.45) is 1.63. The first-order chi connectivity index (χ1) is 14.5. The Morgan fingerprint density at radius 1 is 1.13 bits per heavy atom. The van der Waals surface area contributed by atoms with Crippen molar-refractivity contribution < 1.29 is 9.21 Å². The first-order valence-corrected chi connectivity index (χ1v) is 10.3. The number of carbonyl (C=O) groups is 1. The minimum atomic E-state index is -0.00657. The van der Waals surface area contributed by atoms with Crippen LogP contribution in [0.2, 0.25) is 0 Å². The summed E-state index contributed by atoms with van der Waals surface area (Å²) < 4.78 is 7.58. The van der Waals surface area contributed by atoms with E-state index in [1.54, 1.807) is 6.26 Å². The zero-order valence-electron chi connectivity index (χ0n) is 17.3. The molecule has 0 spiro atoms. The number of carbonyl (C=O) groups excluding carboxylic acids is 1. The highest BCUT2D eigenvalue weighted by Gasteiger charge is 2.31. The van der Waals surface area contributed by atoms with Gasteiger partial charge in [-0.05, 0) is 31.2 Å². The number of para-hydroxylation sites is 1. The predicted octanol–water partition coefficient (Wildman–Crippen LogP) is 3.23. The van der Waals surface area contributed by atoms with E-state index in [4.69, 9.17) is 9.40 Å². The molecule has 1 aromatic carbocycles. The average Bonchev–Trinajstić information content (AvgIpc) is 3.42. The van der Waals surface area contributed by atoms with Crippen LogP contribution in [-0.2, 0) is 4.79 Å². The highest BCUT2D eigenvalue weighted by atomic mass is 16.3. The van der Waals surface area contributed by atoms with Gasteiger partial charge in [0.25, 0.3) is 0 Å². The summed E-state index contributed by atoms with van der Waals surface area (Å²) in [5.74, 6) is 2.22. The first-order valence-electron chi connectivity index (χ1n) is 10.3. The van der Waals surface area contributed by atoms with Crippen LogP contribution in [0, 0.1) is 5.92 Å². The molecule has 0 saturated carbocycles. The number of hydrogen-bond donors (Lipinski definition) is 0. The van der Waals surface area contributed by atoms with E-state index in [9.17, 15) is 4.79 Å². The molecule has 1 saturated heterocycles. The van der Waals surface area contributed by atoms with Gasteiger partial charge in [0.1, 0.15) is 0 Å². The van der Waals surface area contributed by atoms with Crippen molar-refractivity contribution in [2.45, 2.75) is 26.8 Å². The van der Waals surface area contributed by atoms with Gasteiger partial charge in [-0.15, -0.1) is 10.2 Å². The van der Waals surface area contributed by atoms with Crippen LogP contribution in [0.25, 0.3) is 28.1 Å². The summed E-state index contributed by atoms with van der Waals surface area (Å²) in [6.45, 7) is 8.02. The van der Waals surface area contributed by atoms with E-state index in [1.807, 2.05) is 59.5 Å². The number of amides is 1.